The second kappa shape index (κ2) is 7.98. The summed E-state index contributed by atoms with van der Waals surface area (Å²) < 4.78 is 37.8. The van der Waals surface area contributed by atoms with Crippen molar-refractivity contribution in [2.45, 2.75) is 32.0 Å². The first-order valence-electron chi connectivity index (χ1n) is 8.06. The van der Waals surface area contributed by atoms with Crippen LogP contribution < -0.4 is 5.32 Å². The Morgan fingerprint density at radius 3 is 2.54 bits per heavy atom. The fourth-order valence-electron chi connectivity index (χ4n) is 2.96. The van der Waals surface area contributed by atoms with Crippen LogP contribution in [0.15, 0.2) is 24.3 Å². The van der Waals surface area contributed by atoms with Crippen LogP contribution in [-0.2, 0) is 4.79 Å². The highest BCUT2D eigenvalue weighted by atomic mass is 19.4. The zero-order chi connectivity index (χ0) is 17.7. The highest BCUT2D eigenvalue weighted by Crippen LogP contribution is 2.33. The molecule has 1 amide bonds. The minimum Gasteiger partial charge on any atom is -0.387 e. The molecule has 0 radical (unpaired) electrons. The molecular formula is C17H23F3N2O2. The molecule has 0 aromatic heterocycles. The second-order valence-electron chi connectivity index (χ2n) is 6.27. The van der Waals surface area contributed by atoms with Crippen molar-refractivity contribution in [1.82, 2.24) is 10.2 Å². The molecule has 1 aliphatic rings. The monoisotopic (exact) mass is 344 g/mol. The van der Waals surface area contributed by atoms with Crippen molar-refractivity contribution in [2.75, 3.05) is 26.2 Å². The number of hydrogen-bond acceptors (Lipinski definition) is 3. The quantitative estimate of drug-likeness (QED) is 0.863. The predicted molar refractivity (Wildman–Crippen MR) is 84.4 cm³/mol. The number of benzene rings is 1. The van der Waals surface area contributed by atoms with E-state index in [2.05, 4.69) is 5.32 Å². The van der Waals surface area contributed by atoms with E-state index in [4.69, 9.17) is 0 Å². The topological polar surface area (TPSA) is 52.6 Å². The maximum Gasteiger partial charge on any atom is 0.391 e. The van der Waals surface area contributed by atoms with Crippen molar-refractivity contribution in [3.8, 4) is 0 Å². The largest absolute Gasteiger partial charge is 0.391 e. The molecule has 1 fully saturated rings. The molecule has 1 heterocycles. The van der Waals surface area contributed by atoms with Gasteiger partial charge in [0, 0.05) is 6.54 Å². The van der Waals surface area contributed by atoms with Gasteiger partial charge in [0.2, 0.25) is 5.91 Å². The van der Waals surface area contributed by atoms with E-state index in [9.17, 15) is 23.1 Å². The molecule has 0 spiro atoms. The van der Waals surface area contributed by atoms with Crippen LogP contribution in [0.25, 0.3) is 0 Å². The van der Waals surface area contributed by atoms with Crippen molar-refractivity contribution < 1.29 is 23.1 Å². The van der Waals surface area contributed by atoms with E-state index in [0.717, 1.165) is 11.1 Å². The zero-order valence-corrected chi connectivity index (χ0v) is 13.6. The van der Waals surface area contributed by atoms with E-state index in [1.807, 2.05) is 25.1 Å². The van der Waals surface area contributed by atoms with Gasteiger partial charge >= 0.3 is 6.18 Å². The summed E-state index contributed by atoms with van der Waals surface area (Å²) in [5.41, 5.74) is 1.69. The summed E-state index contributed by atoms with van der Waals surface area (Å²) >= 11 is 0. The fraction of sp³-hybridized carbons (Fsp3) is 0.588. The van der Waals surface area contributed by atoms with E-state index in [-0.39, 0.29) is 44.9 Å². The molecule has 4 nitrogen and oxygen atoms in total. The smallest absolute Gasteiger partial charge is 0.387 e. The lowest BCUT2D eigenvalue weighted by molar-refractivity contribution is -0.185. The fourth-order valence-corrected chi connectivity index (χ4v) is 2.96. The van der Waals surface area contributed by atoms with Gasteiger partial charge in [-0.15, -0.1) is 0 Å². The van der Waals surface area contributed by atoms with E-state index in [0.29, 0.717) is 0 Å². The van der Waals surface area contributed by atoms with Crippen molar-refractivity contribution in [3.05, 3.63) is 35.4 Å². The molecule has 7 heteroatoms. The summed E-state index contributed by atoms with van der Waals surface area (Å²) in [4.78, 5) is 13.6. The second-order valence-corrected chi connectivity index (χ2v) is 6.27. The van der Waals surface area contributed by atoms with E-state index in [1.54, 1.807) is 11.0 Å². The van der Waals surface area contributed by atoms with Gasteiger partial charge in [-0.3, -0.25) is 9.69 Å². The molecule has 1 aromatic carbocycles. The number of carbonyl (C=O) groups is 1. The Hall–Kier alpha value is -1.60. The molecule has 0 saturated carbocycles. The molecule has 1 saturated heterocycles. The molecule has 1 aromatic rings. The number of likely N-dealkylation sites (tertiary alicyclic amines) is 1. The molecule has 1 aliphatic heterocycles. The van der Waals surface area contributed by atoms with Crippen molar-refractivity contribution in [2.24, 2.45) is 5.92 Å². The van der Waals surface area contributed by atoms with Crippen molar-refractivity contribution >= 4 is 5.91 Å². The Labute approximate surface area is 139 Å². The number of aliphatic hydroxyl groups excluding tert-OH is 1. The van der Waals surface area contributed by atoms with Crippen molar-refractivity contribution in [1.29, 1.82) is 0 Å². The zero-order valence-electron chi connectivity index (χ0n) is 13.6. The van der Waals surface area contributed by atoms with Gasteiger partial charge in [-0.05, 0) is 44.0 Å². The van der Waals surface area contributed by atoms with Crippen LogP contribution in [0.4, 0.5) is 13.2 Å². The molecule has 1 atom stereocenters. The van der Waals surface area contributed by atoms with Gasteiger partial charge in [-0.1, -0.05) is 24.3 Å². The van der Waals surface area contributed by atoms with Gasteiger partial charge in [0.1, 0.15) is 0 Å². The Bertz CT molecular complexity index is 555. The van der Waals surface area contributed by atoms with Gasteiger partial charge in [-0.2, -0.15) is 13.2 Å². The molecule has 2 rings (SSSR count). The normalized spacial score (nSPS) is 18.4. The number of halogens is 3. The predicted octanol–water partition coefficient (Wildman–Crippen LogP) is 2.42. The van der Waals surface area contributed by atoms with Crippen LogP contribution in [0.1, 0.15) is 30.1 Å². The van der Waals surface area contributed by atoms with Crippen LogP contribution in [0, 0.1) is 12.8 Å². The lowest BCUT2D eigenvalue weighted by atomic mass is 9.96. The first-order valence-corrected chi connectivity index (χ1v) is 8.06. The van der Waals surface area contributed by atoms with Gasteiger partial charge in [0.15, 0.2) is 0 Å². The van der Waals surface area contributed by atoms with E-state index < -0.39 is 18.2 Å². The lowest BCUT2D eigenvalue weighted by Crippen LogP contribution is -2.44. The number of piperidine rings is 1. The average Bonchev–Trinajstić information content (AvgIpc) is 2.53. The number of amides is 1. The number of aliphatic hydroxyl groups is 1. The number of aryl methyl sites for hydroxylation is 1. The molecule has 0 bridgehead atoms. The summed E-state index contributed by atoms with van der Waals surface area (Å²) in [5, 5.41) is 12.8. The molecule has 1 unspecified atom stereocenters. The number of nitrogens with one attached hydrogen (secondary N) is 1. The molecule has 0 aliphatic carbocycles. The van der Waals surface area contributed by atoms with E-state index >= 15 is 0 Å². The maximum atomic E-state index is 12.6. The van der Waals surface area contributed by atoms with Gasteiger partial charge in [0.05, 0.1) is 18.6 Å². The van der Waals surface area contributed by atoms with Crippen LogP contribution >= 0.6 is 0 Å². The average molecular weight is 344 g/mol. The highest BCUT2D eigenvalue weighted by molar-refractivity contribution is 5.78. The van der Waals surface area contributed by atoms with Crippen LogP contribution in [0.3, 0.4) is 0 Å². The summed E-state index contributed by atoms with van der Waals surface area (Å²) in [6, 6.07) is 7.37. The highest BCUT2D eigenvalue weighted by Gasteiger charge is 2.41. The van der Waals surface area contributed by atoms with Crippen LogP contribution in [-0.4, -0.2) is 48.3 Å². The Kier molecular flexibility index (Phi) is 6.23. The Balaban J connectivity index is 1.74. The summed E-state index contributed by atoms with van der Waals surface area (Å²) in [6.45, 7) is 2.55. The van der Waals surface area contributed by atoms with Gasteiger partial charge < -0.3 is 10.4 Å². The third kappa shape index (κ3) is 5.21. The number of nitrogens with zero attached hydrogens (tertiary/aromatic N) is 1. The molecule has 134 valence electrons. The first-order chi connectivity index (χ1) is 11.3. The number of rotatable bonds is 5. The van der Waals surface area contributed by atoms with Gasteiger partial charge in [-0.25, -0.2) is 0 Å². The SMILES string of the molecule is Cc1ccccc1C(O)CNC(=O)CN1CCC(C(F)(F)F)CC1. The number of alkyl halides is 3. The molecule has 2 N–H and O–H groups in total. The van der Waals surface area contributed by atoms with Crippen LogP contribution in [0.5, 0.6) is 0 Å². The summed E-state index contributed by atoms with van der Waals surface area (Å²) in [6.07, 6.45) is -4.89. The molecular weight excluding hydrogens is 321 g/mol. The molecule has 24 heavy (non-hydrogen) atoms. The maximum absolute atomic E-state index is 12.6. The summed E-state index contributed by atoms with van der Waals surface area (Å²) in [5.74, 6) is -1.55. The minimum atomic E-state index is -4.15. The van der Waals surface area contributed by atoms with E-state index in [1.165, 1.54) is 0 Å². The number of hydrogen-bond donors (Lipinski definition) is 2. The van der Waals surface area contributed by atoms with Crippen LogP contribution in [0.2, 0.25) is 0 Å². The lowest BCUT2D eigenvalue weighted by Gasteiger charge is -2.32. The third-order valence-electron chi connectivity index (χ3n) is 4.46. The minimum absolute atomic E-state index is 0.0304. The Morgan fingerprint density at radius 2 is 1.96 bits per heavy atom. The summed E-state index contributed by atoms with van der Waals surface area (Å²) in [7, 11) is 0. The van der Waals surface area contributed by atoms with Gasteiger partial charge in [0.25, 0.3) is 0 Å². The standard InChI is InChI=1S/C17H23F3N2O2/c1-12-4-2-3-5-14(12)15(23)10-21-16(24)11-22-8-6-13(7-9-22)17(18,19)20/h2-5,13,15,23H,6-11H2,1H3,(H,21,24). The number of carbonyl (C=O) groups excluding carboxylic acids is 1. The Morgan fingerprint density at radius 1 is 1.33 bits per heavy atom. The van der Waals surface area contributed by atoms with Crippen molar-refractivity contribution in [3.63, 3.8) is 0 Å². The third-order valence-corrected chi connectivity index (χ3v) is 4.46. The first kappa shape index (κ1) is 18.7.